The van der Waals surface area contributed by atoms with E-state index in [1.54, 1.807) is 23.3 Å². The zero-order valence-corrected chi connectivity index (χ0v) is 26.2. The van der Waals surface area contributed by atoms with Crippen LogP contribution in [0.25, 0.3) is 43.8 Å². The van der Waals surface area contributed by atoms with Gasteiger partial charge in [0.1, 0.15) is 0 Å². The summed E-state index contributed by atoms with van der Waals surface area (Å²) in [6.07, 6.45) is 2.00. The van der Waals surface area contributed by atoms with Crippen molar-refractivity contribution in [3.8, 4) is 22.3 Å². The Balaban J connectivity index is 0.000000176. The fourth-order valence-corrected chi connectivity index (χ4v) is 4.51. The van der Waals surface area contributed by atoms with Crippen LogP contribution in [0.1, 0.15) is 25.0 Å². The maximum atomic E-state index is 2.26. The Morgan fingerprint density at radius 3 is 1.24 bits per heavy atom. The van der Waals surface area contributed by atoms with Crippen LogP contribution in [0.2, 0.25) is 0 Å². The van der Waals surface area contributed by atoms with Crippen molar-refractivity contribution in [1.82, 2.24) is 0 Å². The zero-order valence-electron chi connectivity index (χ0n) is 22.3. The molecule has 0 fully saturated rings. The molecule has 186 valence electrons. The van der Waals surface area contributed by atoms with Crippen molar-refractivity contribution in [3.05, 3.63) is 139 Å². The summed E-state index contributed by atoms with van der Waals surface area (Å²) in [7, 11) is 0. The van der Waals surface area contributed by atoms with Gasteiger partial charge >= 0.3 is 30.2 Å². The number of rotatable bonds is 2. The van der Waals surface area contributed by atoms with Crippen LogP contribution < -0.4 is 0 Å². The van der Waals surface area contributed by atoms with Gasteiger partial charge in [-0.1, -0.05) is 97.8 Å². The van der Waals surface area contributed by atoms with Crippen LogP contribution >= 0.6 is 0 Å². The van der Waals surface area contributed by atoms with Gasteiger partial charge in [-0.15, -0.1) is 69.1 Å². The van der Waals surface area contributed by atoms with E-state index in [2.05, 4.69) is 135 Å². The van der Waals surface area contributed by atoms with Crippen LogP contribution in [0.15, 0.2) is 121 Å². The Kier molecular flexibility index (Phi) is 11.5. The van der Waals surface area contributed by atoms with Crippen molar-refractivity contribution >= 4 is 28.4 Å². The molecule has 6 aromatic carbocycles. The van der Waals surface area contributed by atoms with Gasteiger partial charge in [-0.3, -0.25) is 0 Å². The second kappa shape index (κ2) is 14.8. The average molecular weight is 575 g/mol. The van der Waals surface area contributed by atoms with Crippen LogP contribution in [-0.4, -0.2) is 6.88 Å². The van der Waals surface area contributed by atoms with Gasteiger partial charge < -0.3 is 6.42 Å². The van der Waals surface area contributed by atoms with Gasteiger partial charge in [0.25, 0.3) is 0 Å². The predicted octanol–water partition coefficient (Wildman–Crippen LogP) is 9.38. The molecule has 0 nitrogen and oxygen atoms in total. The Labute approximate surface area is 239 Å². The molecule has 0 bridgehead atoms. The summed E-state index contributed by atoms with van der Waals surface area (Å²) in [4.78, 5) is 0. The molecule has 0 amide bonds. The molecule has 0 aliphatic rings. The first-order valence-electron chi connectivity index (χ1n) is 12.6. The second-order valence-electron chi connectivity index (χ2n) is 8.99. The van der Waals surface area contributed by atoms with E-state index < -0.39 is 0 Å². The molecule has 0 atom stereocenters. The molecule has 6 rings (SSSR count). The van der Waals surface area contributed by atoms with Crippen LogP contribution in [-0.2, 0) is 23.3 Å². The van der Waals surface area contributed by atoms with Crippen molar-refractivity contribution in [2.45, 2.75) is 27.7 Å². The van der Waals surface area contributed by atoms with Gasteiger partial charge in [0.2, 0.25) is 0 Å². The first-order chi connectivity index (χ1) is 18.1. The number of hydrogen-bond acceptors (Lipinski definition) is 0. The standard InChI is InChI=1S/2C16H13.C3H7.H2Si.Zr/c2*1-12-10-14-8-5-9-15(16(14)11-12)13-6-3-2-4-7-13;1-3-2;;/h2*2-11H,1H3;3H,1-2H3;1H2;/q3*-1;;. The second-order valence-corrected chi connectivity index (χ2v) is 8.99. The molecule has 2 heteroatoms. The summed E-state index contributed by atoms with van der Waals surface area (Å²) in [6.45, 7) is 10.2. The summed E-state index contributed by atoms with van der Waals surface area (Å²) in [6, 6.07) is 43.1. The summed E-state index contributed by atoms with van der Waals surface area (Å²) in [5, 5.41) is 5.37. The predicted molar refractivity (Wildman–Crippen MR) is 164 cm³/mol. The molecule has 0 heterocycles. The Hall–Kier alpha value is -2.80. The quantitative estimate of drug-likeness (QED) is 0.143. The molecule has 0 aliphatic heterocycles. The molecular weight excluding hydrogens is 540 g/mol. The third-order valence-corrected chi connectivity index (χ3v) is 5.96. The molecule has 6 aromatic rings. The van der Waals surface area contributed by atoms with Crippen LogP contribution in [0.3, 0.4) is 0 Å². The van der Waals surface area contributed by atoms with E-state index in [1.165, 1.54) is 54.9 Å². The first-order valence-corrected chi connectivity index (χ1v) is 18.5. The number of benzene rings is 4. The van der Waals surface area contributed by atoms with E-state index in [9.17, 15) is 0 Å². The average Bonchev–Trinajstić information content (AvgIpc) is 3.52. The molecular formula is C35H35SiZr-3. The Bertz CT molecular complexity index is 1390. The molecule has 0 saturated heterocycles. The molecule has 0 radical (unpaired) electrons. The van der Waals surface area contributed by atoms with Gasteiger partial charge in [0.15, 0.2) is 0 Å². The molecule has 37 heavy (non-hydrogen) atoms. The summed E-state index contributed by atoms with van der Waals surface area (Å²) in [5.74, 6) is 0. The number of hydrogen-bond donors (Lipinski definition) is 0. The topological polar surface area (TPSA) is 0 Å². The molecule has 0 N–H and O–H groups in total. The fourth-order valence-electron chi connectivity index (χ4n) is 4.51. The normalized spacial score (nSPS) is 9.92. The summed E-state index contributed by atoms with van der Waals surface area (Å²) in [5.41, 5.74) is 7.89. The van der Waals surface area contributed by atoms with Crippen molar-refractivity contribution in [2.75, 3.05) is 0 Å². The van der Waals surface area contributed by atoms with Gasteiger partial charge in [0.05, 0.1) is 0 Å². The van der Waals surface area contributed by atoms with Gasteiger partial charge in [-0.25, -0.2) is 0 Å². The van der Waals surface area contributed by atoms with E-state index in [0.29, 0.717) is 0 Å². The molecule has 0 unspecified atom stereocenters. The van der Waals surface area contributed by atoms with E-state index in [0.717, 1.165) is 0 Å². The van der Waals surface area contributed by atoms with Crippen molar-refractivity contribution < 1.29 is 23.3 Å². The minimum atomic E-state index is 1.29. The molecule has 0 aromatic heterocycles. The van der Waals surface area contributed by atoms with Gasteiger partial charge in [0, 0.05) is 0 Å². The van der Waals surface area contributed by atoms with Crippen LogP contribution in [0, 0.1) is 20.3 Å². The molecule has 0 spiro atoms. The minimum absolute atomic E-state index is 1.29. The summed E-state index contributed by atoms with van der Waals surface area (Å²) < 4.78 is 0. The molecule has 0 aliphatic carbocycles. The van der Waals surface area contributed by atoms with Crippen molar-refractivity contribution in [1.29, 1.82) is 0 Å². The Morgan fingerprint density at radius 1 is 0.541 bits per heavy atom. The maximum absolute atomic E-state index is 2.26. The van der Waals surface area contributed by atoms with Crippen LogP contribution in [0.4, 0.5) is 0 Å². The summed E-state index contributed by atoms with van der Waals surface area (Å²) >= 11 is 1.58. The molecule has 0 saturated carbocycles. The SMILES string of the molecule is C[CH-]C.Cc1cc2c(-c3ccccc3)cccc2[cH-]1.Cc1cc2c(-c3ccccc3)cccc2[cH-]1.[SiH2]=[Zr]. The van der Waals surface area contributed by atoms with Crippen LogP contribution in [0.5, 0.6) is 0 Å². The zero-order chi connectivity index (χ0) is 26.6. The number of aryl methyl sites for hydroxylation is 2. The third kappa shape index (κ3) is 7.60. The van der Waals surface area contributed by atoms with Gasteiger partial charge in [-0.05, 0) is 11.1 Å². The number of fused-ring (bicyclic) bond motifs is 2. The van der Waals surface area contributed by atoms with Gasteiger partial charge in [-0.2, -0.15) is 26.0 Å². The monoisotopic (exact) mass is 573 g/mol. The van der Waals surface area contributed by atoms with E-state index >= 15 is 0 Å². The Morgan fingerprint density at radius 2 is 0.892 bits per heavy atom. The first kappa shape index (κ1) is 28.8. The van der Waals surface area contributed by atoms with E-state index in [4.69, 9.17) is 0 Å². The van der Waals surface area contributed by atoms with Crippen molar-refractivity contribution in [2.24, 2.45) is 0 Å². The fraction of sp³-hybridized carbons (Fsp3) is 0.114. The van der Waals surface area contributed by atoms with Crippen molar-refractivity contribution in [3.63, 3.8) is 0 Å². The van der Waals surface area contributed by atoms with E-state index in [1.807, 2.05) is 27.1 Å². The third-order valence-electron chi connectivity index (χ3n) is 5.96. The van der Waals surface area contributed by atoms with E-state index in [-0.39, 0.29) is 0 Å².